The number of aliphatic hydroxyl groups excluding tert-OH is 1. The van der Waals surface area contributed by atoms with Crippen LogP contribution in [0, 0.1) is 0 Å². The number of aliphatic hydroxyl groups is 1. The van der Waals surface area contributed by atoms with Crippen LogP contribution in [0.3, 0.4) is 0 Å². The van der Waals surface area contributed by atoms with Crippen molar-refractivity contribution in [3.8, 4) is 0 Å². The van der Waals surface area contributed by atoms with Crippen LogP contribution in [0.4, 0.5) is 0 Å². The first kappa shape index (κ1) is 14.3. The SMILES string of the molecule is CC(C)c1ccc(C(O)c2ccsc2)c(C(C)C)c1. The summed E-state index contributed by atoms with van der Waals surface area (Å²) in [4.78, 5) is 0. The summed E-state index contributed by atoms with van der Waals surface area (Å²) >= 11 is 1.62. The molecule has 0 aliphatic carbocycles. The average Bonchev–Trinajstić information content (AvgIpc) is 2.90. The van der Waals surface area contributed by atoms with E-state index in [2.05, 4.69) is 45.9 Å². The van der Waals surface area contributed by atoms with Crippen molar-refractivity contribution in [2.75, 3.05) is 0 Å². The van der Waals surface area contributed by atoms with Crippen molar-refractivity contribution in [2.24, 2.45) is 0 Å². The standard InChI is InChI=1S/C17H22OS/c1-11(2)13-5-6-15(16(9-13)12(3)4)17(18)14-7-8-19-10-14/h5-12,17-18H,1-4H3. The maximum Gasteiger partial charge on any atom is 0.105 e. The van der Waals surface area contributed by atoms with E-state index in [1.165, 1.54) is 11.1 Å². The summed E-state index contributed by atoms with van der Waals surface area (Å²) in [5.41, 5.74) is 4.62. The molecule has 2 heteroatoms. The van der Waals surface area contributed by atoms with E-state index >= 15 is 0 Å². The first-order valence-electron chi connectivity index (χ1n) is 6.84. The lowest BCUT2D eigenvalue weighted by atomic mass is 9.88. The highest BCUT2D eigenvalue weighted by Crippen LogP contribution is 2.32. The van der Waals surface area contributed by atoms with Crippen molar-refractivity contribution in [2.45, 2.75) is 45.6 Å². The molecule has 0 amide bonds. The van der Waals surface area contributed by atoms with Crippen LogP contribution in [0.5, 0.6) is 0 Å². The maximum atomic E-state index is 10.5. The van der Waals surface area contributed by atoms with Crippen molar-refractivity contribution in [3.63, 3.8) is 0 Å². The summed E-state index contributed by atoms with van der Waals surface area (Å²) in [5, 5.41) is 14.6. The van der Waals surface area contributed by atoms with E-state index in [1.807, 2.05) is 16.8 Å². The molecule has 1 aromatic carbocycles. The molecule has 0 aliphatic rings. The maximum absolute atomic E-state index is 10.5. The fourth-order valence-electron chi connectivity index (χ4n) is 2.31. The highest BCUT2D eigenvalue weighted by molar-refractivity contribution is 7.07. The van der Waals surface area contributed by atoms with Crippen LogP contribution in [0.1, 0.15) is 67.9 Å². The molecule has 1 aromatic heterocycles. The first-order valence-corrected chi connectivity index (χ1v) is 7.79. The van der Waals surface area contributed by atoms with Gasteiger partial charge < -0.3 is 5.11 Å². The molecule has 0 fully saturated rings. The number of hydrogen-bond donors (Lipinski definition) is 1. The van der Waals surface area contributed by atoms with Crippen LogP contribution in [0.2, 0.25) is 0 Å². The predicted octanol–water partition coefficient (Wildman–Crippen LogP) is 5.08. The van der Waals surface area contributed by atoms with Gasteiger partial charge in [-0.05, 0) is 50.9 Å². The Morgan fingerprint density at radius 3 is 2.16 bits per heavy atom. The molecule has 0 saturated carbocycles. The Balaban J connectivity index is 2.45. The third kappa shape index (κ3) is 3.07. The van der Waals surface area contributed by atoms with Gasteiger partial charge in [0.05, 0.1) is 0 Å². The van der Waals surface area contributed by atoms with Gasteiger partial charge in [-0.25, -0.2) is 0 Å². The lowest BCUT2D eigenvalue weighted by molar-refractivity contribution is 0.219. The van der Waals surface area contributed by atoms with Crippen molar-refractivity contribution >= 4 is 11.3 Å². The molecular formula is C17H22OS. The van der Waals surface area contributed by atoms with Crippen LogP contribution in [0.25, 0.3) is 0 Å². The third-order valence-corrected chi connectivity index (χ3v) is 4.25. The van der Waals surface area contributed by atoms with E-state index in [9.17, 15) is 5.11 Å². The molecule has 2 aromatic rings. The zero-order valence-corrected chi connectivity index (χ0v) is 12.9. The highest BCUT2D eigenvalue weighted by atomic mass is 32.1. The van der Waals surface area contributed by atoms with Crippen molar-refractivity contribution in [3.05, 3.63) is 57.3 Å². The minimum Gasteiger partial charge on any atom is -0.384 e. The number of benzene rings is 1. The van der Waals surface area contributed by atoms with Gasteiger partial charge in [-0.2, -0.15) is 11.3 Å². The topological polar surface area (TPSA) is 20.2 Å². The Labute approximate surface area is 119 Å². The molecule has 0 radical (unpaired) electrons. The van der Waals surface area contributed by atoms with Crippen LogP contribution < -0.4 is 0 Å². The zero-order valence-electron chi connectivity index (χ0n) is 12.1. The molecule has 0 aliphatic heterocycles. The van der Waals surface area contributed by atoms with Gasteiger partial charge >= 0.3 is 0 Å². The zero-order chi connectivity index (χ0) is 14.0. The Morgan fingerprint density at radius 1 is 0.895 bits per heavy atom. The van der Waals surface area contributed by atoms with Gasteiger partial charge in [0.15, 0.2) is 0 Å². The summed E-state index contributed by atoms with van der Waals surface area (Å²) in [7, 11) is 0. The molecule has 0 bridgehead atoms. The van der Waals surface area contributed by atoms with Gasteiger partial charge in [0.1, 0.15) is 6.10 Å². The average molecular weight is 274 g/mol. The summed E-state index contributed by atoms with van der Waals surface area (Å²) in [6.07, 6.45) is -0.509. The van der Waals surface area contributed by atoms with Gasteiger partial charge in [-0.3, -0.25) is 0 Å². The molecule has 2 rings (SSSR count). The lowest BCUT2D eigenvalue weighted by Crippen LogP contribution is -2.05. The Kier molecular flexibility index (Phi) is 4.43. The molecule has 1 atom stereocenters. The van der Waals surface area contributed by atoms with E-state index in [1.54, 1.807) is 11.3 Å². The Bertz CT molecular complexity index is 526. The van der Waals surface area contributed by atoms with Crippen LogP contribution >= 0.6 is 11.3 Å². The molecule has 1 unspecified atom stereocenters. The monoisotopic (exact) mass is 274 g/mol. The van der Waals surface area contributed by atoms with E-state index in [0.717, 1.165) is 11.1 Å². The van der Waals surface area contributed by atoms with Gasteiger partial charge in [0.25, 0.3) is 0 Å². The molecule has 19 heavy (non-hydrogen) atoms. The summed E-state index contributed by atoms with van der Waals surface area (Å²) in [6, 6.07) is 8.48. The molecule has 102 valence electrons. The summed E-state index contributed by atoms with van der Waals surface area (Å²) in [6.45, 7) is 8.77. The smallest absolute Gasteiger partial charge is 0.105 e. The predicted molar refractivity (Wildman–Crippen MR) is 83.0 cm³/mol. The minimum absolute atomic E-state index is 0.419. The number of rotatable bonds is 4. The third-order valence-electron chi connectivity index (χ3n) is 3.55. The normalized spacial score (nSPS) is 13.2. The second-order valence-electron chi connectivity index (χ2n) is 5.66. The van der Waals surface area contributed by atoms with E-state index in [-0.39, 0.29) is 0 Å². The lowest BCUT2D eigenvalue weighted by Gasteiger charge is -2.19. The van der Waals surface area contributed by atoms with Gasteiger partial charge in [0.2, 0.25) is 0 Å². The second-order valence-corrected chi connectivity index (χ2v) is 6.44. The molecule has 0 spiro atoms. The fraction of sp³-hybridized carbons (Fsp3) is 0.412. The van der Waals surface area contributed by atoms with E-state index < -0.39 is 6.10 Å². The van der Waals surface area contributed by atoms with Crippen LogP contribution in [0.15, 0.2) is 35.0 Å². The molecule has 0 saturated heterocycles. The minimum atomic E-state index is -0.509. The van der Waals surface area contributed by atoms with E-state index in [0.29, 0.717) is 11.8 Å². The molecule has 1 N–H and O–H groups in total. The second kappa shape index (κ2) is 5.89. The Morgan fingerprint density at radius 2 is 1.63 bits per heavy atom. The van der Waals surface area contributed by atoms with Crippen LogP contribution in [-0.2, 0) is 0 Å². The largest absolute Gasteiger partial charge is 0.384 e. The van der Waals surface area contributed by atoms with Gasteiger partial charge in [-0.1, -0.05) is 45.9 Å². The molecule has 1 heterocycles. The molecule has 1 nitrogen and oxygen atoms in total. The van der Waals surface area contributed by atoms with Crippen molar-refractivity contribution < 1.29 is 5.11 Å². The van der Waals surface area contributed by atoms with Gasteiger partial charge in [-0.15, -0.1) is 0 Å². The molecular weight excluding hydrogens is 252 g/mol. The quantitative estimate of drug-likeness (QED) is 0.824. The fourth-order valence-corrected chi connectivity index (χ4v) is 2.99. The summed E-state index contributed by atoms with van der Waals surface area (Å²) in [5.74, 6) is 0.937. The van der Waals surface area contributed by atoms with Crippen molar-refractivity contribution in [1.29, 1.82) is 0 Å². The number of thiophene rings is 1. The first-order chi connectivity index (χ1) is 9.00. The van der Waals surface area contributed by atoms with Crippen molar-refractivity contribution in [1.82, 2.24) is 0 Å². The number of hydrogen-bond acceptors (Lipinski definition) is 2. The van der Waals surface area contributed by atoms with E-state index in [4.69, 9.17) is 0 Å². The highest BCUT2D eigenvalue weighted by Gasteiger charge is 2.17. The van der Waals surface area contributed by atoms with Gasteiger partial charge in [0, 0.05) is 0 Å². The Hall–Kier alpha value is -1.12. The summed E-state index contributed by atoms with van der Waals surface area (Å²) < 4.78 is 0. The van der Waals surface area contributed by atoms with Crippen LogP contribution in [-0.4, -0.2) is 5.11 Å².